The number of rotatable bonds is 7. The van der Waals surface area contributed by atoms with Crippen molar-refractivity contribution in [3.05, 3.63) is 35.0 Å². The van der Waals surface area contributed by atoms with Crippen molar-refractivity contribution in [2.45, 2.75) is 27.3 Å². The lowest BCUT2D eigenvalue weighted by atomic mass is 10.0. The van der Waals surface area contributed by atoms with E-state index in [1.54, 1.807) is 10.6 Å². The van der Waals surface area contributed by atoms with E-state index in [1.165, 1.54) is 12.3 Å². The van der Waals surface area contributed by atoms with Gasteiger partial charge in [0, 0.05) is 19.3 Å². The largest absolute Gasteiger partial charge is 0.347 e. The summed E-state index contributed by atoms with van der Waals surface area (Å²) in [5, 5.41) is 7.50. The van der Waals surface area contributed by atoms with Crippen LogP contribution in [0.5, 0.6) is 0 Å². The fraction of sp³-hybridized carbons (Fsp3) is 0.368. The molecule has 0 fully saturated rings. The van der Waals surface area contributed by atoms with Gasteiger partial charge < -0.3 is 15.2 Å². The van der Waals surface area contributed by atoms with Crippen LogP contribution in [0.4, 0.5) is 16.3 Å². The number of anilines is 2. The quantitative estimate of drug-likeness (QED) is 0.442. The number of aromatic amines is 1. The van der Waals surface area contributed by atoms with Gasteiger partial charge in [-0.2, -0.15) is 19.6 Å². The van der Waals surface area contributed by atoms with Crippen LogP contribution < -0.4 is 15.7 Å². The summed E-state index contributed by atoms with van der Waals surface area (Å²) in [7, 11) is 6.05. The smallest absolute Gasteiger partial charge is 0.230 e. The molecule has 0 aliphatic rings. The molecule has 3 aromatic heterocycles. The average molecular weight is 427 g/mol. The molecular weight excluding hydrogens is 406 g/mol. The van der Waals surface area contributed by atoms with Gasteiger partial charge in [-0.25, -0.2) is 9.37 Å². The minimum Gasteiger partial charge on any atom is -0.347 e. The molecule has 4 aromatic rings. The van der Waals surface area contributed by atoms with Gasteiger partial charge in [0.1, 0.15) is 19.2 Å². The van der Waals surface area contributed by atoms with E-state index in [9.17, 15) is 4.39 Å². The molecule has 0 amide bonds. The van der Waals surface area contributed by atoms with E-state index >= 15 is 0 Å². The van der Waals surface area contributed by atoms with Gasteiger partial charge in [-0.3, -0.25) is 0 Å². The van der Waals surface area contributed by atoms with Crippen LogP contribution in [0.3, 0.4) is 0 Å². The molecule has 2 N–H and O–H groups in total. The number of hydrogen-bond donors (Lipinski definition) is 2. The molecule has 11 heteroatoms. The number of hydrogen-bond acceptors (Lipinski definition) is 6. The first-order valence-corrected chi connectivity index (χ1v) is 10.1. The Hall–Kier alpha value is -2.88. The van der Waals surface area contributed by atoms with Crippen LogP contribution in [-0.2, 0) is 6.54 Å². The average Bonchev–Trinajstić information content (AvgIpc) is 3.31. The van der Waals surface area contributed by atoms with E-state index in [0.29, 0.717) is 40.3 Å². The number of aromatic nitrogens is 6. The molecule has 0 aliphatic carbocycles. The van der Waals surface area contributed by atoms with Gasteiger partial charge >= 0.3 is 0 Å². The van der Waals surface area contributed by atoms with Crippen molar-refractivity contribution in [2.24, 2.45) is 5.92 Å². The molecule has 0 spiro atoms. The molecule has 0 saturated heterocycles. The summed E-state index contributed by atoms with van der Waals surface area (Å²) in [4.78, 5) is 18.7. The minimum atomic E-state index is -0.546. The van der Waals surface area contributed by atoms with E-state index in [0.717, 1.165) is 13.1 Å². The lowest BCUT2D eigenvalue weighted by Gasteiger charge is -2.23. The number of halogens is 2. The Morgan fingerprint density at radius 1 is 1.30 bits per heavy atom. The van der Waals surface area contributed by atoms with Crippen LogP contribution in [-0.4, -0.2) is 50.5 Å². The maximum atomic E-state index is 14.2. The lowest BCUT2D eigenvalue weighted by molar-refractivity contribution is 0.608. The molecule has 154 valence electrons. The summed E-state index contributed by atoms with van der Waals surface area (Å²) < 4.78 is 15.7. The molecule has 0 atom stereocenters. The Morgan fingerprint density at radius 2 is 2.10 bits per heavy atom. The standard InChI is InChI=1S/C19H21BClFN8/c1-4-29(9-10(2)3)19-27-17-11(20)7-24-30(17)18(28-19)23-8-14-25-13-6-5-12(21)15(22)16(13)26-14/h5-7,10H,4,8-9H2,1-3H3,(H,25,26)(H,23,27,28). The lowest BCUT2D eigenvalue weighted by Crippen LogP contribution is -2.30. The fourth-order valence-electron chi connectivity index (χ4n) is 3.25. The van der Waals surface area contributed by atoms with Crippen molar-refractivity contribution in [1.82, 2.24) is 29.5 Å². The minimum absolute atomic E-state index is 0.0347. The normalized spacial score (nSPS) is 11.7. The third-order valence-corrected chi connectivity index (χ3v) is 4.93. The number of imidazole rings is 1. The molecule has 0 saturated carbocycles. The Bertz CT molecular complexity index is 1200. The van der Waals surface area contributed by atoms with Gasteiger partial charge in [0.05, 0.1) is 17.1 Å². The first kappa shape index (κ1) is 20.4. The second-order valence-corrected chi connectivity index (χ2v) is 7.82. The van der Waals surface area contributed by atoms with E-state index in [4.69, 9.17) is 19.4 Å². The molecular formula is C19H21BClFN8. The summed E-state index contributed by atoms with van der Waals surface area (Å²) in [5.74, 6) is 1.47. The molecule has 0 bridgehead atoms. The van der Waals surface area contributed by atoms with E-state index < -0.39 is 5.82 Å². The molecule has 30 heavy (non-hydrogen) atoms. The zero-order valence-electron chi connectivity index (χ0n) is 16.9. The third kappa shape index (κ3) is 3.79. The maximum Gasteiger partial charge on any atom is 0.230 e. The Labute approximate surface area is 179 Å². The Kier molecular flexibility index (Phi) is 5.51. The molecule has 4 rings (SSSR count). The SMILES string of the molecule is [B]c1cnn2c(NCc3nc4c(F)c(Cl)ccc4[nH]3)nc(N(CC)CC(C)C)nc12. The summed E-state index contributed by atoms with van der Waals surface area (Å²) in [5.41, 5.74) is 1.75. The van der Waals surface area contributed by atoms with Gasteiger partial charge in [-0.05, 0) is 30.4 Å². The Morgan fingerprint density at radius 3 is 2.83 bits per heavy atom. The van der Waals surface area contributed by atoms with Gasteiger partial charge in [-0.15, -0.1) is 0 Å². The van der Waals surface area contributed by atoms with Gasteiger partial charge in [0.2, 0.25) is 11.9 Å². The molecule has 2 radical (unpaired) electrons. The van der Waals surface area contributed by atoms with Gasteiger partial charge in [0.15, 0.2) is 11.5 Å². The van der Waals surface area contributed by atoms with E-state index in [2.05, 4.69) is 56.0 Å². The van der Waals surface area contributed by atoms with Crippen molar-refractivity contribution in [2.75, 3.05) is 23.3 Å². The molecule has 3 heterocycles. The number of nitrogens with one attached hydrogen (secondary N) is 2. The predicted molar refractivity (Wildman–Crippen MR) is 117 cm³/mol. The van der Waals surface area contributed by atoms with Crippen molar-refractivity contribution in [3.63, 3.8) is 0 Å². The molecule has 8 nitrogen and oxygen atoms in total. The van der Waals surface area contributed by atoms with Crippen LogP contribution in [0.1, 0.15) is 26.6 Å². The number of H-pyrrole nitrogens is 1. The number of fused-ring (bicyclic) bond motifs is 2. The summed E-state index contributed by atoms with van der Waals surface area (Å²) in [6, 6.07) is 3.19. The van der Waals surface area contributed by atoms with Crippen LogP contribution in [0.2, 0.25) is 5.02 Å². The first-order valence-electron chi connectivity index (χ1n) is 9.70. The maximum absolute atomic E-state index is 14.2. The highest BCUT2D eigenvalue weighted by atomic mass is 35.5. The number of nitrogens with zero attached hydrogens (tertiary/aromatic N) is 6. The zero-order chi connectivity index (χ0) is 21.4. The zero-order valence-corrected chi connectivity index (χ0v) is 17.7. The topological polar surface area (TPSA) is 87.0 Å². The van der Waals surface area contributed by atoms with Crippen LogP contribution in [0, 0.1) is 11.7 Å². The van der Waals surface area contributed by atoms with Crippen LogP contribution in [0.25, 0.3) is 16.7 Å². The monoisotopic (exact) mass is 426 g/mol. The highest BCUT2D eigenvalue weighted by Gasteiger charge is 2.17. The van der Waals surface area contributed by atoms with Gasteiger partial charge in [-0.1, -0.05) is 25.4 Å². The van der Waals surface area contributed by atoms with E-state index in [1.807, 2.05) is 0 Å². The van der Waals surface area contributed by atoms with Crippen molar-refractivity contribution in [1.29, 1.82) is 0 Å². The summed E-state index contributed by atoms with van der Waals surface area (Å²) >= 11 is 5.84. The Balaban J connectivity index is 1.67. The third-order valence-electron chi connectivity index (χ3n) is 4.64. The second-order valence-electron chi connectivity index (χ2n) is 7.41. The highest BCUT2D eigenvalue weighted by Crippen LogP contribution is 2.23. The summed E-state index contributed by atoms with van der Waals surface area (Å²) in [6.45, 7) is 8.17. The summed E-state index contributed by atoms with van der Waals surface area (Å²) in [6.07, 6.45) is 1.54. The van der Waals surface area contributed by atoms with E-state index in [-0.39, 0.29) is 17.1 Å². The van der Waals surface area contributed by atoms with Crippen molar-refractivity contribution in [3.8, 4) is 0 Å². The predicted octanol–water partition coefficient (Wildman–Crippen LogP) is 2.68. The first-order chi connectivity index (χ1) is 14.4. The van der Waals surface area contributed by atoms with Crippen molar-refractivity contribution < 1.29 is 4.39 Å². The molecule has 0 unspecified atom stereocenters. The van der Waals surface area contributed by atoms with Crippen molar-refractivity contribution >= 4 is 53.5 Å². The molecule has 0 aliphatic heterocycles. The van der Waals surface area contributed by atoms with Crippen LogP contribution >= 0.6 is 11.6 Å². The molecule has 1 aromatic carbocycles. The number of benzene rings is 1. The fourth-order valence-corrected chi connectivity index (χ4v) is 3.40. The van der Waals surface area contributed by atoms with Crippen LogP contribution in [0.15, 0.2) is 18.3 Å². The highest BCUT2D eigenvalue weighted by molar-refractivity contribution is 6.36. The second kappa shape index (κ2) is 8.10. The van der Waals surface area contributed by atoms with Gasteiger partial charge in [0.25, 0.3) is 0 Å².